The second kappa shape index (κ2) is 4.61. The number of hydrogen-bond donors (Lipinski definition) is 2. The number of nitrogens with zero attached hydrogens (tertiary/aromatic N) is 3. The molecule has 0 aliphatic carbocycles. The van der Waals surface area contributed by atoms with Crippen molar-refractivity contribution in [1.82, 2.24) is 20.0 Å². The highest BCUT2D eigenvalue weighted by Gasteiger charge is 2.31. The van der Waals surface area contributed by atoms with Gasteiger partial charge in [-0.25, -0.2) is 10.0 Å². The molecule has 1 atom stereocenters. The highest BCUT2D eigenvalue weighted by Crippen LogP contribution is 2.42. The molecule has 0 saturated heterocycles. The number of aromatic amines is 1. The third kappa shape index (κ3) is 1.76. The van der Waals surface area contributed by atoms with Crippen LogP contribution < -0.4 is 5.43 Å². The Morgan fingerprint density at radius 3 is 2.92 bits per heavy atom. The molecule has 4 heterocycles. The van der Waals surface area contributed by atoms with Gasteiger partial charge in [0.15, 0.2) is 0 Å². The first kappa shape index (κ1) is 13.6. The zero-order chi connectivity index (χ0) is 16.4. The lowest BCUT2D eigenvalue weighted by molar-refractivity contribution is 0.253. The molecule has 0 bridgehead atoms. The molecule has 5 nitrogen and oxygen atoms in total. The largest absolute Gasteiger partial charge is 0.350 e. The molecular weight excluding hydrogens is 298 g/mol. The predicted octanol–water partition coefficient (Wildman–Crippen LogP) is 3.57. The van der Waals surface area contributed by atoms with Crippen LogP contribution in [0.4, 0.5) is 5.82 Å². The normalized spacial score (nSPS) is 19.3. The summed E-state index contributed by atoms with van der Waals surface area (Å²) in [5, 5.41) is 3.39. The number of fused-ring (bicyclic) bond motifs is 4. The van der Waals surface area contributed by atoms with Gasteiger partial charge in [-0.1, -0.05) is 11.6 Å². The molecule has 24 heavy (non-hydrogen) atoms. The second-order valence-corrected chi connectivity index (χ2v) is 6.71. The summed E-state index contributed by atoms with van der Waals surface area (Å²) in [6.45, 7) is 2.14. The van der Waals surface area contributed by atoms with E-state index in [4.69, 9.17) is 0 Å². The molecule has 1 aromatic carbocycles. The van der Waals surface area contributed by atoms with Crippen LogP contribution in [0, 0.1) is 6.92 Å². The maximum Gasteiger partial charge on any atom is 0.135 e. The van der Waals surface area contributed by atoms with Gasteiger partial charge in [-0.3, -0.25) is 0 Å². The SMILES string of the molecule is Cc1ccc2c(c1)c(-c1cc3c([nH]1)N=CC1=CNN(C)C13)cn2C. The molecule has 2 aromatic heterocycles. The fraction of sp³-hybridized carbons (Fsp3) is 0.211. The summed E-state index contributed by atoms with van der Waals surface area (Å²) in [7, 11) is 4.16. The monoisotopic (exact) mass is 317 g/mol. The van der Waals surface area contributed by atoms with Crippen molar-refractivity contribution in [2.75, 3.05) is 7.05 Å². The van der Waals surface area contributed by atoms with E-state index in [2.05, 4.69) is 76.5 Å². The molecule has 2 aliphatic rings. The van der Waals surface area contributed by atoms with E-state index in [-0.39, 0.29) is 6.04 Å². The molecule has 0 amide bonds. The van der Waals surface area contributed by atoms with Gasteiger partial charge in [0, 0.05) is 66.0 Å². The molecule has 0 radical (unpaired) electrons. The van der Waals surface area contributed by atoms with Gasteiger partial charge in [0.2, 0.25) is 0 Å². The van der Waals surface area contributed by atoms with Crippen molar-refractivity contribution < 1.29 is 0 Å². The average Bonchev–Trinajstić information content (AvgIpc) is 3.23. The lowest BCUT2D eigenvalue weighted by Crippen LogP contribution is -2.29. The summed E-state index contributed by atoms with van der Waals surface area (Å²) >= 11 is 0. The predicted molar refractivity (Wildman–Crippen MR) is 97.3 cm³/mol. The smallest absolute Gasteiger partial charge is 0.135 e. The van der Waals surface area contributed by atoms with Crippen LogP contribution in [0.15, 0.2) is 47.2 Å². The summed E-state index contributed by atoms with van der Waals surface area (Å²) in [5.74, 6) is 0.951. The van der Waals surface area contributed by atoms with Gasteiger partial charge in [0.1, 0.15) is 5.82 Å². The highest BCUT2D eigenvalue weighted by atomic mass is 15.5. The molecule has 0 fully saturated rings. The van der Waals surface area contributed by atoms with E-state index in [1.807, 2.05) is 12.4 Å². The molecular formula is C19H19N5. The van der Waals surface area contributed by atoms with Crippen molar-refractivity contribution in [2.45, 2.75) is 13.0 Å². The topological polar surface area (TPSA) is 48.4 Å². The molecule has 0 spiro atoms. The second-order valence-electron chi connectivity index (χ2n) is 6.71. The van der Waals surface area contributed by atoms with E-state index in [1.165, 1.54) is 33.2 Å². The fourth-order valence-corrected chi connectivity index (χ4v) is 3.83. The number of hydrazine groups is 1. The van der Waals surface area contributed by atoms with Gasteiger partial charge in [-0.15, -0.1) is 0 Å². The van der Waals surface area contributed by atoms with E-state index >= 15 is 0 Å². The lowest BCUT2D eigenvalue weighted by Gasteiger charge is -2.23. The Labute approximate surface area is 140 Å². The Morgan fingerprint density at radius 1 is 1.17 bits per heavy atom. The van der Waals surface area contributed by atoms with Crippen molar-refractivity contribution in [3.05, 3.63) is 53.4 Å². The van der Waals surface area contributed by atoms with E-state index in [0.717, 1.165) is 11.5 Å². The van der Waals surface area contributed by atoms with Crippen molar-refractivity contribution in [2.24, 2.45) is 12.0 Å². The number of benzene rings is 1. The molecule has 2 N–H and O–H groups in total. The Bertz CT molecular complexity index is 1030. The van der Waals surface area contributed by atoms with Crippen LogP contribution in [-0.2, 0) is 7.05 Å². The van der Waals surface area contributed by atoms with Crippen LogP contribution in [0.2, 0.25) is 0 Å². The quantitative estimate of drug-likeness (QED) is 0.721. The van der Waals surface area contributed by atoms with E-state index in [0.29, 0.717) is 0 Å². The Morgan fingerprint density at radius 2 is 2.04 bits per heavy atom. The van der Waals surface area contributed by atoms with Gasteiger partial charge >= 0.3 is 0 Å². The Kier molecular flexibility index (Phi) is 2.62. The van der Waals surface area contributed by atoms with Crippen molar-refractivity contribution in [3.8, 4) is 11.3 Å². The van der Waals surface area contributed by atoms with Gasteiger partial charge in [-0.05, 0) is 25.1 Å². The first-order valence-corrected chi connectivity index (χ1v) is 8.14. The number of aliphatic imine (C=N–C) groups is 1. The first-order valence-electron chi connectivity index (χ1n) is 8.14. The maximum absolute atomic E-state index is 4.60. The molecule has 0 saturated carbocycles. The summed E-state index contributed by atoms with van der Waals surface area (Å²) < 4.78 is 2.18. The number of rotatable bonds is 1. The van der Waals surface area contributed by atoms with Gasteiger partial charge in [-0.2, -0.15) is 0 Å². The summed E-state index contributed by atoms with van der Waals surface area (Å²) in [6.07, 6.45) is 6.15. The fourth-order valence-electron chi connectivity index (χ4n) is 3.83. The number of H-pyrrole nitrogens is 1. The van der Waals surface area contributed by atoms with Gasteiger partial charge in [0.05, 0.1) is 6.04 Å². The summed E-state index contributed by atoms with van der Waals surface area (Å²) in [6, 6.07) is 9.06. The third-order valence-electron chi connectivity index (χ3n) is 5.04. The summed E-state index contributed by atoms with van der Waals surface area (Å²) in [5.41, 5.74) is 10.5. The molecule has 5 heteroatoms. The van der Waals surface area contributed by atoms with E-state index in [9.17, 15) is 0 Å². The Balaban J connectivity index is 1.70. The minimum Gasteiger partial charge on any atom is -0.350 e. The number of nitrogens with one attached hydrogen (secondary N) is 2. The number of hydrogen-bond acceptors (Lipinski definition) is 3. The van der Waals surface area contributed by atoms with Gasteiger partial charge < -0.3 is 15.0 Å². The minimum atomic E-state index is 0.221. The summed E-state index contributed by atoms with van der Waals surface area (Å²) in [4.78, 5) is 8.11. The van der Waals surface area contributed by atoms with E-state index < -0.39 is 0 Å². The molecule has 5 rings (SSSR count). The van der Waals surface area contributed by atoms with E-state index in [1.54, 1.807) is 0 Å². The third-order valence-corrected chi connectivity index (χ3v) is 5.04. The van der Waals surface area contributed by atoms with Crippen molar-refractivity contribution in [1.29, 1.82) is 0 Å². The van der Waals surface area contributed by atoms with Crippen molar-refractivity contribution in [3.63, 3.8) is 0 Å². The standard InChI is InChI=1S/C19H19N5/c1-11-4-5-17-13(6-11)15(10-23(17)2)16-7-14-18-12(9-21-24(18)3)8-20-19(14)22-16/h4-10,18,21-22H,1-3H3. The molecule has 3 aromatic rings. The van der Waals surface area contributed by atoms with Crippen molar-refractivity contribution >= 4 is 22.9 Å². The zero-order valence-electron chi connectivity index (χ0n) is 14.0. The van der Waals surface area contributed by atoms with Crippen LogP contribution >= 0.6 is 0 Å². The van der Waals surface area contributed by atoms with Crippen LogP contribution in [-0.4, -0.2) is 27.8 Å². The maximum atomic E-state index is 4.60. The zero-order valence-corrected chi connectivity index (χ0v) is 14.0. The molecule has 1 unspecified atom stereocenters. The van der Waals surface area contributed by atoms with Crippen LogP contribution in [0.1, 0.15) is 17.2 Å². The van der Waals surface area contributed by atoms with Crippen LogP contribution in [0.5, 0.6) is 0 Å². The highest BCUT2D eigenvalue weighted by molar-refractivity contribution is 5.97. The number of aromatic nitrogens is 2. The van der Waals surface area contributed by atoms with Gasteiger partial charge in [0.25, 0.3) is 0 Å². The van der Waals surface area contributed by atoms with Crippen LogP contribution in [0.3, 0.4) is 0 Å². The molecule has 2 aliphatic heterocycles. The number of aryl methyl sites for hydroxylation is 2. The first-order chi connectivity index (χ1) is 11.6. The van der Waals surface area contributed by atoms with Crippen LogP contribution in [0.25, 0.3) is 22.2 Å². The molecule has 120 valence electrons. The number of likely N-dealkylation sites (N-methyl/N-ethyl adjacent to an activating group) is 1. The minimum absolute atomic E-state index is 0.221. The Hall–Kier alpha value is -2.79. The lowest BCUT2D eigenvalue weighted by atomic mass is 9.99. The average molecular weight is 317 g/mol.